The van der Waals surface area contributed by atoms with Gasteiger partial charge in [-0.25, -0.2) is 18.1 Å². The fourth-order valence-electron chi connectivity index (χ4n) is 1.54. The van der Waals surface area contributed by atoms with E-state index in [-0.39, 0.29) is 17.3 Å². The minimum atomic E-state index is -3.62. The molecule has 0 aliphatic carbocycles. The van der Waals surface area contributed by atoms with E-state index in [2.05, 4.69) is 14.8 Å². The Morgan fingerprint density at radius 3 is 2.89 bits per heavy atom. The molecule has 0 unspecified atom stereocenters. The first-order valence-corrected chi connectivity index (χ1v) is 8.15. The van der Waals surface area contributed by atoms with Crippen LogP contribution in [0, 0.1) is 0 Å². The summed E-state index contributed by atoms with van der Waals surface area (Å²) in [4.78, 5) is 4.11. The third kappa shape index (κ3) is 3.31. The number of nitrogens with two attached hydrogens (primary N) is 1. The summed E-state index contributed by atoms with van der Waals surface area (Å²) in [6, 6.07) is 0. The molecule has 0 fully saturated rings. The predicted molar refractivity (Wildman–Crippen MR) is 73.3 cm³/mol. The second-order valence-electron chi connectivity index (χ2n) is 3.86. The smallest absolute Gasteiger partial charge is 0.245 e. The number of aryl methyl sites for hydroxylation is 1. The third-order valence-corrected chi connectivity index (χ3v) is 4.64. The maximum Gasteiger partial charge on any atom is 0.245 e. The lowest BCUT2D eigenvalue weighted by molar-refractivity contribution is 0.581. The molecule has 0 atom stereocenters. The van der Waals surface area contributed by atoms with Gasteiger partial charge in [0.05, 0.1) is 11.2 Å². The molecule has 19 heavy (non-hydrogen) atoms. The number of nitrogens with zero attached hydrogens (tertiary/aromatic N) is 3. The van der Waals surface area contributed by atoms with Gasteiger partial charge in [-0.2, -0.15) is 5.10 Å². The molecule has 0 aliphatic rings. The fraction of sp³-hybridized carbons (Fsp3) is 0.400. The minimum Gasteiger partial charge on any atom is -0.381 e. The van der Waals surface area contributed by atoms with Crippen molar-refractivity contribution in [1.29, 1.82) is 0 Å². The molecule has 2 aromatic rings. The number of hydrogen-bond acceptors (Lipinski definition) is 6. The lowest BCUT2D eigenvalue weighted by atomic mass is 10.3. The molecule has 3 N–H and O–H groups in total. The number of nitrogens with one attached hydrogen (secondary N) is 1. The highest BCUT2D eigenvalue weighted by Gasteiger charge is 2.20. The summed E-state index contributed by atoms with van der Waals surface area (Å²) in [5.41, 5.74) is 8.19. The SMILES string of the molecule is CCn1cc(S(=O)(=O)NCCc2cscn2)c(N)n1. The van der Waals surface area contributed by atoms with Crippen LogP contribution in [0.2, 0.25) is 0 Å². The zero-order valence-corrected chi connectivity index (χ0v) is 12.0. The second kappa shape index (κ2) is 5.68. The van der Waals surface area contributed by atoms with Crippen molar-refractivity contribution in [1.82, 2.24) is 19.5 Å². The molecule has 9 heteroatoms. The highest BCUT2D eigenvalue weighted by molar-refractivity contribution is 7.89. The van der Waals surface area contributed by atoms with Gasteiger partial charge >= 0.3 is 0 Å². The standard InChI is InChI=1S/C10H15N5O2S2/c1-2-15-5-9(10(11)14-15)19(16,17)13-4-3-8-6-18-7-12-8/h5-7,13H,2-4H2,1H3,(H2,11,14). The molecule has 2 rings (SSSR count). The molecule has 0 amide bonds. The van der Waals surface area contributed by atoms with E-state index in [1.807, 2.05) is 12.3 Å². The average molecular weight is 301 g/mol. The summed E-state index contributed by atoms with van der Waals surface area (Å²) >= 11 is 1.48. The van der Waals surface area contributed by atoms with Crippen LogP contribution in [0.15, 0.2) is 22.0 Å². The largest absolute Gasteiger partial charge is 0.381 e. The number of hydrogen-bond donors (Lipinski definition) is 2. The topological polar surface area (TPSA) is 103 Å². The number of thiazole rings is 1. The Bertz CT molecular complexity index is 633. The summed E-state index contributed by atoms with van der Waals surface area (Å²) in [6.07, 6.45) is 1.98. The first-order valence-electron chi connectivity index (χ1n) is 5.72. The molecule has 0 radical (unpaired) electrons. The summed E-state index contributed by atoms with van der Waals surface area (Å²) in [6.45, 7) is 2.71. The van der Waals surface area contributed by atoms with E-state index in [1.54, 1.807) is 5.51 Å². The van der Waals surface area contributed by atoms with E-state index >= 15 is 0 Å². The monoisotopic (exact) mass is 301 g/mol. The zero-order valence-electron chi connectivity index (χ0n) is 10.4. The predicted octanol–water partition coefficient (Wildman–Crippen LogP) is 0.463. The fourth-order valence-corrected chi connectivity index (χ4v) is 3.24. The summed E-state index contributed by atoms with van der Waals surface area (Å²) in [7, 11) is -3.62. The van der Waals surface area contributed by atoms with Gasteiger partial charge in [0.1, 0.15) is 4.90 Å². The van der Waals surface area contributed by atoms with E-state index in [4.69, 9.17) is 5.73 Å². The van der Waals surface area contributed by atoms with Crippen LogP contribution in [0.3, 0.4) is 0 Å². The van der Waals surface area contributed by atoms with Crippen molar-refractivity contribution < 1.29 is 8.42 Å². The highest BCUT2D eigenvalue weighted by Crippen LogP contribution is 2.15. The molecule has 2 aromatic heterocycles. The van der Waals surface area contributed by atoms with Gasteiger partial charge in [-0.3, -0.25) is 4.68 Å². The van der Waals surface area contributed by atoms with Crippen LogP contribution in [0.1, 0.15) is 12.6 Å². The molecule has 2 heterocycles. The molecule has 0 saturated heterocycles. The van der Waals surface area contributed by atoms with Gasteiger partial charge in [-0.05, 0) is 6.92 Å². The Hall–Kier alpha value is -1.45. The van der Waals surface area contributed by atoms with Crippen LogP contribution in [0.4, 0.5) is 5.82 Å². The molecule has 0 bridgehead atoms. The molecule has 0 spiro atoms. The zero-order chi connectivity index (χ0) is 13.9. The molecule has 0 aromatic carbocycles. The van der Waals surface area contributed by atoms with E-state index in [0.29, 0.717) is 13.0 Å². The summed E-state index contributed by atoms with van der Waals surface area (Å²) in [5.74, 6) is 0.0167. The maximum atomic E-state index is 12.0. The van der Waals surface area contributed by atoms with E-state index in [1.165, 1.54) is 22.2 Å². The van der Waals surface area contributed by atoms with Crippen LogP contribution < -0.4 is 10.5 Å². The van der Waals surface area contributed by atoms with E-state index < -0.39 is 10.0 Å². The molecular weight excluding hydrogens is 286 g/mol. The normalized spacial score (nSPS) is 11.8. The van der Waals surface area contributed by atoms with Crippen molar-refractivity contribution in [2.45, 2.75) is 24.8 Å². The number of sulfonamides is 1. The van der Waals surface area contributed by atoms with Crippen molar-refractivity contribution in [3.63, 3.8) is 0 Å². The molecule has 104 valence electrons. The van der Waals surface area contributed by atoms with Gasteiger partial charge in [0.25, 0.3) is 0 Å². The quantitative estimate of drug-likeness (QED) is 0.807. The van der Waals surface area contributed by atoms with Crippen LogP contribution in [0.25, 0.3) is 0 Å². The van der Waals surface area contributed by atoms with Crippen molar-refractivity contribution in [3.05, 3.63) is 22.8 Å². The first kappa shape index (κ1) is 14.0. The molecule has 7 nitrogen and oxygen atoms in total. The molecule has 0 saturated carbocycles. The van der Waals surface area contributed by atoms with Gasteiger partial charge in [-0.1, -0.05) is 0 Å². The third-order valence-electron chi connectivity index (χ3n) is 2.53. The Kier molecular flexibility index (Phi) is 4.17. The Morgan fingerprint density at radius 1 is 1.53 bits per heavy atom. The Morgan fingerprint density at radius 2 is 2.32 bits per heavy atom. The maximum absolute atomic E-state index is 12.0. The second-order valence-corrected chi connectivity index (χ2v) is 6.32. The Balaban J connectivity index is 2.03. The number of nitrogen functional groups attached to an aromatic ring is 1. The Labute approximate surface area is 115 Å². The van der Waals surface area contributed by atoms with Crippen molar-refractivity contribution in [2.75, 3.05) is 12.3 Å². The number of aromatic nitrogens is 3. The van der Waals surface area contributed by atoms with Gasteiger partial charge in [0.2, 0.25) is 10.0 Å². The summed E-state index contributed by atoms with van der Waals surface area (Å²) in [5, 5.41) is 5.80. The van der Waals surface area contributed by atoms with Crippen molar-refractivity contribution in [3.8, 4) is 0 Å². The summed E-state index contributed by atoms with van der Waals surface area (Å²) < 4.78 is 28.1. The minimum absolute atomic E-state index is 0.0167. The van der Waals surface area contributed by atoms with Gasteiger partial charge in [-0.15, -0.1) is 11.3 Å². The number of rotatable bonds is 6. The average Bonchev–Trinajstić information content (AvgIpc) is 2.98. The van der Waals surface area contributed by atoms with E-state index in [9.17, 15) is 8.42 Å². The van der Waals surface area contributed by atoms with E-state index in [0.717, 1.165) is 5.69 Å². The first-order chi connectivity index (χ1) is 9.03. The van der Waals surface area contributed by atoms with Crippen molar-refractivity contribution >= 4 is 27.2 Å². The van der Waals surface area contributed by atoms with Gasteiger partial charge < -0.3 is 5.73 Å². The van der Waals surface area contributed by atoms with Crippen LogP contribution in [0.5, 0.6) is 0 Å². The lowest BCUT2D eigenvalue weighted by Gasteiger charge is -2.03. The molecular formula is C10H15N5O2S2. The highest BCUT2D eigenvalue weighted by atomic mass is 32.2. The van der Waals surface area contributed by atoms with Crippen molar-refractivity contribution in [2.24, 2.45) is 0 Å². The van der Waals surface area contributed by atoms with Crippen LogP contribution in [-0.4, -0.2) is 29.7 Å². The van der Waals surface area contributed by atoms with Crippen LogP contribution >= 0.6 is 11.3 Å². The van der Waals surface area contributed by atoms with Gasteiger partial charge in [0, 0.05) is 31.1 Å². The molecule has 0 aliphatic heterocycles. The number of anilines is 1. The lowest BCUT2D eigenvalue weighted by Crippen LogP contribution is -2.26. The van der Waals surface area contributed by atoms with Gasteiger partial charge in [0.15, 0.2) is 5.82 Å². The van der Waals surface area contributed by atoms with Crippen LogP contribution in [-0.2, 0) is 23.0 Å².